The molecule has 0 radical (unpaired) electrons. The van der Waals surface area contributed by atoms with Crippen LogP contribution in [0.4, 0.5) is 0 Å². The molecule has 0 fully saturated rings. The van der Waals surface area contributed by atoms with Crippen LogP contribution in [-0.2, 0) is 6.54 Å². The van der Waals surface area contributed by atoms with E-state index in [0.29, 0.717) is 28.5 Å². The van der Waals surface area contributed by atoms with Gasteiger partial charge in [0.25, 0.3) is 11.4 Å². The van der Waals surface area contributed by atoms with Crippen LogP contribution in [0.2, 0.25) is 0 Å². The Labute approximate surface area is 139 Å². The SMILES string of the molecule is CCn1cnc2sc(-c3nc(-c4cccs4)no3)c(C)c2c1=O. The van der Waals surface area contributed by atoms with E-state index in [-0.39, 0.29) is 5.56 Å². The summed E-state index contributed by atoms with van der Waals surface area (Å²) in [6.07, 6.45) is 1.58. The van der Waals surface area contributed by atoms with Crippen molar-refractivity contribution in [3.05, 3.63) is 39.8 Å². The van der Waals surface area contributed by atoms with Gasteiger partial charge in [-0.15, -0.1) is 22.7 Å². The Hall–Kier alpha value is -2.32. The van der Waals surface area contributed by atoms with Gasteiger partial charge in [-0.2, -0.15) is 4.98 Å². The van der Waals surface area contributed by atoms with Gasteiger partial charge < -0.3 is 4.52 Å². The summed E-state index contributed by atoms with van der Waals surface area (Å²) in [6, 6.07) is 3.89. The van der Waals surface area contributed by atoms with Crippen molar-refractivity contribution in [1.82, 2.24) is 19.7 Å². The van der Waals surface area contributed by atoms with Crippen LogP contribution in [0, 0.1) is 6.92 Å². The first-order chi connectivity index (χ1) is 11.2. The minimum atomic E-state index is -0.0319. The van der Waals surface area contributed by atoms with E-state index < -0.39 is 0 Å². The fourth-order valence-electron chi connectivity index (χ4n) is 2.41. The summed E-state index contributed by atoms with van der Waals surface area (Å²) in [4.78, 5) is 23.8. The van der Waals surface area contributed by atoms with Gasteiger partial charge in [-0.3, -0.25) is 9.36 Å². The summed E-state index contributed by atoms with van der Waals surface area (Å²) in [5, 5.41) is 6.63. The smallest absolute Gasteiger partial charge is 0.268 e. The first-order valence-corrected chi connectivity index (χ1v) is 8.75. The Morgan fingerprint density at radius 1 is 1.39 bits per heavy atom. The van der Waals surface area contributed by atoms with Gasteiger partial charge in [0, 0.05) is 6.54 Å². The van der Waals surface area contributed by atoms with Crippen molar-refractivity contribution in [2.24, 2.45) is 0 Å². The first-order valence-electron chi connectivity index (χ1n) is 7.05. The third-order valence-corrected chi connectivity index (χ3v) is 5.67. The lowest BCUT2D eigenvalue weighted by atomic mass is 10.2. The number of nitrogens with zero attached hydrogens (tertiary/aromatic N) is 4. The molecular weight excluding hydrogens is 332 g/mol. The summed E-state index contributed by atoms with van der Waals surface area (Å²) in [5.41, 5.74) is 0.808. The molecule has 8 heteroatoms. The molecule has 116 valence electrons. The Kier molecular flexibility index (Phi) is 3.35. The van der Waals surface area contributed by atoms with E-state index in [9.17, 15) is 4.79 Å². The molecule has 0 spiro atoms. The average Bonchev–Trinajstić information content (AvgIpc) is 3.26. The van der Waals surface area contributed by atoms with E-state index in [1.165, 1.54) is 11.3 Å². The summed E-state index contributed by atoms with van der Waals surface area (Å²) in [5.74, 6) is 0.988. The molecule has 23 heavy (non-hydrogen) atoms. The average molecular weight is 344 g/mol. The van der Waals surface area contributed by atoms with Crippen molar-refractivity contribution in [2.75, 3.05) is 0 Å². The summed E-state index contributed by atoms with van der Waals surface area (Å²) in [6.45, 7) is 4.41. The predicted octanol–water partition coefficient (Wildman–Crippen LogP) is 3.56. The van der Waals surface area contributed by atoms with Gasteiger partial charge >= 0.3 is 0 Å². The molecule has 0 N–H and O–H groups in total. The molecule has 0 aliphatic rings. The highest BCUT2D eigenvalue weighted by molar-refractivity contribution is 7.22. The van der Waals surface area contributed by atoms with Crippen LogP contribution in [0.15, 0.2) is 33.2 Å². The second kappa shape index (κ2) is 5.39. The highest BCUT2D eigenvalue weighted by Gasteiger charge is 2.20. The number of rotatable bonds is 3. The summed E-state index contributed by atoms with van der Waals surface area (Å²) >= 11 is 2.96. The molecule has 0 saturated carbocycles. The van der Waals surface area contributed by atoms with Crippen LogP contribution < -0.4 is 5.56 Å². The van der Waals surface area contributed by atoms with Crippen LogP contribution in [0.1, 0.15) is 12.5 Å². The van der Waals surface area contributed by atoms with Gasteiger partial charge in [0.1, 0.15) is 4.83 Å². The maximum Gasteiger partial charge on any atom is 0.268 e. The Balaban J connectivity index is 1.88. The van der Waals surface area contributed by atoms with E-state index in [2.05, 4.69) is 15.1 Å². The lowest BCUT2D eigenvalue weighted by molar-refractivity contribution is 0.433. The van der Waals surface area contributed by atoms with Gasteiger partial charge in [0.15, 0.2) is 0 Å². The van der Waals surface area contributed by atoms with Gasteiger partial charge in [-0.05, 0) is 30.9 Å². The van der Waals surface area contributed by atoms with E-state index in [4.69, 9.17) is 4.52 Å². The monoisotopic (exact) mass is 344 g/mol. The fraction of sp³-hybridized carbons (Fsp3) is 0.200. The predicted molar refractivity (Wildman–Crippen MR) is 90.9 cm³/mol. The zero-order valence-electron chi connectivity index (χ0n) is 12.4. The highest BCUT2D eigenvalue weighted by atomic mass is 32.1. The van der Waals surface area contributed by atoms with Crippen molar-refractivity contribution >= 4 is 32.9 Å². The molecule has 4 aromatic rings. The number of hydrogen-bond donors (Lipinski definition) is 0. The second-order valence-electron chi connectivity index (χ2n) is 4.97. The summed E-state index contributed by atoms with van der Waals surface area (Å²) in [7, 11) is 0. The molecule has 0 aromatic carbocycles. The third-order valence-electron chi connectivity index (χ3n) is 3.62. The van der Waals surface area contributed by atoms with Crippen molar-refractivity contribution in [3.8, 4) is 21.5 Å². The van der Waals surface area contributed by atoms with Gasteiger partial charge in [-0.1, -0.05) is 11.2 Å². The van der Waals surface area contributed by atoms with Gasteiger partial charge in [0.05, 0.1) is 21.5 Å². The Morgan fingerprint density at radius 3 is 3.00 bits per heavy atom. The van der Waals surface area contributed by atoms with Crippen molar-refractivity contribution in [1.29, 1.82) is 0 Å². The van der Waals surface area contributed by atoms with Crippen molar-refractivity contribution < 1.29 is 4.52 Å². The molecule has 0 atom stereocenters. The highest BCUT2D eigenvalue weighted by Crippen LogP contribution is 2.35. The Bertz CT molecular complexity index is 1040. The lowest BCUT2D eigenvalue weighted by Gasteiger charge is -1.99. The van der Waals surface area contributed by atoms with Crippen LogP contribution in [0.25, 0.3) is 31.7 Å². The van der Waals surface area contributed by atoms with Crippen molar-refractivity contribution in [3.63, 3.8) is 0 Å². The normalized spacial score (nSPS) is 11.4. The number of fused-ring (bicyclic) bond motifs is 1. The van der Waals surface area contributed by atoms with Crippen molar-refractivity contribution in [2.45, 2.75) is 20.4 Å². The quantitative estimate of drug-likeness (QED) is 0.568. The van der Waals surface area contributed by atoms with Crippen LogP contribution in [0.5, 0.6) is 0 Å². The number of aromatic nitrogens is 4. The number of hydrogen-bond acceptors (Lipinski definition) is 7. The molecule has 0 saturated heterocycles. The van der Waals surface area contributed by atoms with E-state index in [1.54, 1.807) is 22.2 Å². The second-order valence-corrected chi connectivity index (χ2v) is 6.92. The molecular formula is C15H12N4O2S2. The molecule has 0 aliphatic heterocycles. The molecule has 0 aliphatic carbocycles. The first kappa shape index (κ1) is 14.3. The van der Waals surface area contributed by atoms with Gasteiger partial charge in [-0.25, -0.2) is 4.98 Å². The minimum Gasteiger partial charge on any atom is -0.333 e. The molecule has 0 bridgehead atoms. The van der Waals surface area contributed by atoms with Gasteiger partial charge in [0.2, 0.25) is 5.82 Å². The van der Waals surface area contributed by atoms with E-state index >= 15 is 0 Å². The van der Waals surface area contributed by atoms with E-state index in [1.807, 2.05) is 31.4 Å². The molecule has 4 rings (SSSR count). The maximum atomic E-state index is 12.5. The molecule has 0 unspecified atom stereocenters. The number of aryl methyl sites for hydroxylation is 2. The van der Waals surface area contributed by atoms with Crippen LogP contribution in [0.3, 0.4) is 0 Å². The Morgan fingerprint density at radius 2 is 2.26 bits per heavy atom. The molecule has 0 amide bonds. The molecule has 4 heterocycles. The topological polar surface area (TPSA) is 73.8 Å². The van der Waals surface area contributed by atoms with Crippen LogP contribution in [-0.4, -0.2) is 19.7 Å². The third kappa shape index (κ3) is 2.22. The fourth-order valence-corrected chi connectivity index (χ4v) is 4.12. The molecule has 4 aromatic heterocycles. The zero-order valence-corrected chi connectivity index (χ0v) is 14.1. The lowest BCUT2D eigenvalue weighted by Crippen LogP contribution is -2.19. The zero-order chi connectivity index (χ0) is 16.0. The summed E-state index contributed by atoms with van der Waals surface area (Å²) < 4.78 is 6.99. The standard InChI is InChI=1S/C15H12N4O2S2/c1-3-19-7-16-14-10(15(19)20)8(2)11(23-14)13-17-12(18-21-13)9-5-4-6-22-9/h4-7H,3H2,1-2H3. The minimum absolute atomic E-state index is 0.0319. The molecule has 6 nitrogen and oxygen atoms in total. The maximum absolute atomic E-state index is 12.5. The van der Waals surface area contributed by atoms with Crippen LogP contribution >= 0.6 is 22.7 Å². The van der Waals surface area contributed by atoms with E-state index in [0.717, 1.165) is 15.3 Å². The largest absolute Gasteiger partial charge is 0.333 e. The number of thiophene rings is 2.